The van der Waals surface area contributed by atoms with Crippen LogP contribution in [-0.2, 0) is 35.6 Å². The number of halogens is 2. The summed E-state index contributed by atoms with van der Waals surface area (Å²) in [6.07, 6.45) is 11.3. The van der Waals surface area contributed by atoms with E-state index in [2.05, 4.69) is 73.0 Å². The Morgan fingerprint density at radius 1 is 0.846 bits per heavy atom. The molecule has 4 fully saturated rings. The molecular formula is C66H89F2NO8Si. The molecule has 78 heavy (non-hydrogen) atoms. The van der Waals surface area contributed by atoms with Gasteiger partial charge in [-0.3, -0.25) is 4.79 Å². The summed E-state index contributed by atoms with van der Waals surface area (Å²) >= 11 is 0. The Morgan fingerprint density at radius 2 is 1.49 bits per heavy atom. The number of ether oxygens (including phenoxy) is 5. The maximum atomic E-state index is 16.4. The fraction of sp³-hybridized carbons (Fsp3) is 0.591. The van der Waals surface area contributed by atoms with Crippen molar-refractivity contribution >= 4 is 14.2 Å². The normalized spacial score (nSPS) is 29.5. The highest BCUT2D eigenvalue weighted by Gasteiger charge is 2.63. The molecule has 2 N–H and O–H groups in total. The van der Waals surface area contributed by atoms with Crippen LogP contribution >= 0.6 is 0 Å². The van der Waals surface area contributed by atoms with Gasteiger partial charge in [-0.15, -0.1) is 0 Å². The van der Waals surface area contributed by atoms with E-state index in [9.17, 15) is 9.90 Å². The predicted octanol–water partition coefficient (Wildman–Crippen LogP) is 14.6. The lowest BCUT2D eigenvalue weighted by atomic mass is 9.45. The number of benzene rings is 4. The van der Waals surface area contributed by atoms with Crippen molar-refractivity contribution in [2.24, 2.45) is 39.9 Å². The van der Waals surface area contributed by atoms with Crippen LogP contribution in [0, 0.1) is 51.6 Å². The summed E-state index contributed by atoms with van der Waals surface area (Å²) in [5, 5.41) is 15.2. The minimum absolute atomic E-state index is 0.0138. The van der Waals surface area contributed by atoms with Gasteiger partial charge < -0.3 is 38.5 Å². The quantitative estimate of drug-likeness (QED) is 0.0390. The Morgan fingerprint density at radius 3 is 2.13 bits per heavy atom. The average Bonchev–Trinajstić information content (AvgIpc) is 4.02. The fourth-order valence-corrected chi connectivity index (χ4v) is 16.3. The number of amides is 1. The molecule has 1 aliphatic heterocycles. The van der Waals surface area contributed by atoms with Gasteiger partial charge in [0.05, 0.1) is 34.0 Å². The summed E-state index contributed by atoms with van der Waals surface area (Å²) in [4.78, 5) is 13.4. The second-order valence-corrected chi connectivity index (χ2v) is 30.7. The van der Waals surface area contributed by atoms with E-state index in [1.807, 2.05) is 78.9 Å². The zero-order valence-electron chi connectivity index (χ0n) is 48.5. The van der Waals surface area contributed by atoms with Gasteiger partial charge in [0.2, 0.25) is 5.91 Å². The first-order valence-electron chi connectivity index (χ1n) is 29.1. The highest BCUT2D eigenvalue weighted by Crippen LogP contribution is 2.71. The van der Waals surface area contributed by atoms with Gasteiger partial charge in [0.15, 0.2) is 8.32 Å². The molecule has 5 aliphatic rings. The summed E-state index contributed by atoms with van der Waals surface area (Å²) in [6, 6.07) is 27.4. The molecule has 0 aromatic heterocycles. The number of methoxy groups -OCH3 is 2. The van der Waals surface area contributed by atoms with Crippen molar-refractivity contribution in [1.29, 1.82) is 0 Å². The lowest BCUT2D eigenvalue weighted by molar-refractivity contribution is -0.122. The molecule has 1 heterocycles. The predicted molar refractivity (Wildman–Crippen MR) is 306 cm³/mol. The van der Waals surface area contributed by atoms with Crippen molar-refractivity contribution in [1.82, 2.24) is 5.32 Å². The van der Waals surface area contributed by atoms with E-state index >= 15 is 8.78 Å². The smallest absolute Gasteiger partial charge is 0.220 e. The lowest BCUT2D eigenvalue weighted by Crippen LogP contribution is -2.52. The monoisotopic (exact) mass is 1090 g/mol. The van der Waals surface area contributed by atoms with Gasteiger partial charge in [0.25, 0.3) is 0 Å². The van der Waals surface area contributed by atoms with Crippen LogP contribution in [0.3, 0.4) is 0 Å². The molecule has 0 radical (unpaired) electrons. The number of hydrogen-bond donors (Lipinski definition) is 2. The molecule has 12 heteroatoms. The van der Waals surface area contributed by atoms with Crippen molar-refractivity contribution in [2.75, 3.05) is 34.0 Å². The van der Waals surface area contributed by atoms with Gasteiger partial charge in [-0.1, -0.05) is 121 Å². The Kier molecular flexibility index (Phi) is 17.3. The number of rotatable bonds is 20. The number of carbonyl (C=O) groups is 1. The largest absolute Gasteiger partial charge is 0.497 e. The first-order valence-corrected chi connectivity index (χ1v) is 32.0. The zero-order chi connectivity index (χ0) is 55.8. The maximum absolute atomic E-state index is 16.4. The zero-order valence-corrected chi connectivity index (χ0v) is 49.5. The standard InChI is InChI=1S/C66H89F2NO8Si/c1-43(64(6)35-33-54-51-30-25-45-17-15-16-34-63(45,5)53(51)32-36-65(54,64)7)20-31-58(70)69-37-38-74-41-44-39-52(56(68)40-55(44)67)60-61(77-78(10,11)62(2,3)4)59(71)57(76-60)42-75-66(46-18-13-12-14-19-46,47-21-26-49(72-8)27-22-47)48-23-28-50(73-9)29-24-48/h12-14,18-19,21-29,39-40,43,51,53-54,57,59-61,71H,15-17,20,30-38,41-42H2,1-11H3,(H,69,70)/t43-,51-,53+,54+,57-,59+,60+,61?,63+,64-,65+/m1/s1. The number of fused-ring (bicyclic) bond motifs is 5. The molecule has 0 spiro atoms. The second-order valence-electron chi connectivity index (χ2n) is 25.9. The van der Waals surface area contributed by atoms with Crippen molar-refractivity contribution < 1.29 is 46.8 Å². The summed E-state index contributed by atoms with van der Waals surface area (Å²) in [6.45, 7) is 20.6. The third-order valence-electron chi connectivity index (χ3n) is 21.1. The molecule has 3 saturated carbocycles. The van der Waals surface area contributed by atoms with E-state index in [1.165, 1.54) is 63.9 Å². The van der Waals surface area contributed by atoms with E-state index in [4.69, 9.17) is 28.1 Å². The minimum atomic E-state index is -2.64. The SMILES string of the molecule is COc1ccc(C(OC[C@H]2O[C@@H](c3cc(COCCNC(=O)CC[C@@H](C)[C@@]4(C)CC[C@H]5[C@@H]6CC=C7CCCC[C@]7(C)[C@H]6CC[C@@]54C)c(F)cc3F)C(O[Si](C)(C)C(C)(C)C)[C@H]2O)(c2ccccc2)c2ccc(OC)cc2)cc1. The average molecular weight is 1090 g/mol. The van der Waals surface area contributed by atoms with Crippen LogP contribution in [0.1, 0.15) is 153 Å². The molecule has 4 aromatic rings. The van der Waals surface area contributed by atoms with E-state index in [-0.39, 0.29) is 59.3 Å². The van der Waals surface area contributed by atoms with Crippen LogP contribution in [0.2, 0.25) is 18.1 Å². The molecule has 0 bridgehead atoms. The summed E-state index contributed by atoms with van der Waals surface area (Å²) in [7, 11) is 0.592. The van der Waals surface area contributed by atoms with Gasteiger partial charge in [-0.2, -0.15) is 0 Å². The Labute approximate surface area is 465 Å². The first-order chi connectivity index (χ1) is 37.1. The number of aliphatic hydroxyl groups excluding tert-OH is 1. The third kappa shape index (κ3) is 10.9. The number of hydrogen-bond acceptors (Lipinski definition) is 8. The number of aliphatic hydroxyl groups is 1. The van der Waals surface area contributed by atoms with Crippen molar-refractivity contribution in [3.63, 3.8) is 0 Å². The minimum Gasteiger partial charge on any atom is -0.497 e. The lowest BCUT2D eigenvalue weighted by Gasteiger charge is -2.60. The van der Waals surface area contributed by atoms with E-state index in [0.29, 0.717) is 29.3 Å². The highest BCUT2D eigenvalue weighted by atomic mass is 28.4. The van der Waals surface area contributed by atoms with Gasteiger partial charge in [-0.05, 0) is 163 Å². The van der Waals surface area contributed by atoms with Gasteiger partial charge in [-0.25, -0.2) is 8.78 Å². The van der Waals surface area contributed by atoms with Crippen molar-refractivity contribution in [2.45, 2.75) is 174 Å². The van der Waals surface area contributed by atoms with E-state index in [0.717, 1.165) is 46.9 Å². The van der Waals surface area contributed by atoms with Crippen LogP contribution in [0.4, 0.5) is 8.78 Å². The fourth-order valence-electron chi connectivity index (χ4n) is 15.0. The van der Waals surface area contributed by atoms with Crippen molar-refractivity contribution in [3.8, 4) is 11.5 Å². The van der Waals surface area contributed by atoms with Gasteiger partial charge >= 0.3 is 0 Å². The summed E-state index contributed by atoms with van der Waals surface area (Å²) in [5.41, 5.74) is 3.97. The molecular weight excluding hydrogens is 1000 g/mol. The Hall–Kier alpha value is -4.43. The molecule has 1 saturated heterocycles. The number of allylic oxidation sites excluding steroid dienone is 2. The van der Waals surface area contributed by atoms with Gasteiger partial charge in [0, 0.05) is 30.2 Å². The molecule has 4 aromatic carbocycles. The highest BCUT2D eigenvalue weighted by molar-refractivity contribution is 6.74. The van der Waals surface area contributed by atoms with Crippen LogP contribution in [0.25, 0.3) is 0 Å². The van der Waals surface area contributed by atoms with Gasteiger partial charge in [0.1, 0.15) is 53.2 Å². The number of carbonyl (C=O) groups excluding carboxylic acids is 1. The molecule has 9 rings (SSSR count). The van der Waals surface area contributed by atoms with Crippen LogP contribution < -0.4 is 14.8 Å². The van der Waals surface area contributed by atoms with E-state index < -0.39 is 50.0 Å². The molecule has 424 valence electrons. The topological polar surface area (TPSA) is 105 Å². The Balaban J connectivity index is 0.860. The van der Waals surface area contributed by atoms with E-state index in [1.54, 1.807) is 19.8 Å². The molecule has 4 aliphatic carbocycles. The molecule has 1 unspecified atom stereocenters. The molecule has 1 amide bonds. The third-order valence-corrected chi connectivity index (χ3v) is 25.6. The second kappa shape index (κ2) is 23.2. The maximum Gasteiger partial charge on any atom is 0.220 e. The van der Waals surface area contributed by atoms with Crippen LogP contribution in [-0.4, -0.2) is 71.6 Å². The molecule has 9 nitrogen and oxygen atoms in total. The van der Waals surface area contributed by atoms with Crippen molar-refractivity contribution in [3.05, 3.63) is 142 Å². The summed E-state index contributed by atoms with van der Waals surface area (Å²) < 4.78 is 70.1. The van der Waals surface area contributed by atoms with Crippen LogP contribution in [0.5, 0.6) is 11.5 Å². The van der Waals surface area contributed by atoms with Crippen LogP contribution in [0.15, 0.2) is 103 Å². The Bertz CT molecular complexity index is 2680. The summed E-state index contributed by atoms with van der Waals surface area (Å²) in [5.74, 6) is 2.47. The molecule has 11 atom stereocenters. The number of nitrogens with one attached hydrogen (secondary N) is 1. The first kappa shape index (κ1) is 58.2.